The molecule has 0 aliphatic heterocycles. The van der Waals surface area contributed by atoms with E-state index in [4.69, 9.17) is 4.74 Å². The number of hydrogen-bond donors (Lipinski definition) is 0. The predicted octanol–water partition coefficient (Wildman–Crippen LogP) is 4.86. The van der Waals surface area contributed by atoms with Crippen molar-refractivity contribution < 1.29 is 9.53 Å². The minimum Gasteiger partial charge on any atom is -0.465 e. The molecule has 108 valence electrons. The van der Waals surface area contributed by atoms with Gasteiger partial charge in [-0.2, -0.15) is 0 Å². The van der Waals surface area contributed by atoms with E-state index in [0.29, 0.717) is 6.61 Å². The second-order valence-electron chi connectivity index (χ2n) is 7.10. The Labute approximate surface area is 115 Å². The highest BCUT2D eigenvalue weighted by atomic mass is 28.3. The first-order valence-electron chi connectivity index (χ1n) is 7.36. The summed E-state index contributed by atoms with van der Waals surface area (Å²) in [7, 11) is -0.859. The minimum atomic E-state index is -0.859. The number of unbranched alkanes of at least 4 members (excludes halogenated alkanes) is 3. The van der Waals surface area contributed by atoms with Crippen molar-refractivity contribution in [1.82, 2.24) is 0 Å². The molecule has 0 atom stereocenters. The summed E-state index contributed by atoms with van der Waals surface area (Å²) in [6, 6.07) is 1.41. The van der Waals surface area contributed by atoms with Crippen LogP contribution >= 0.6 is 0 Å². The minimum absolute atomic E-state index is 0.0490. The van der Waals surface area contributed by atoms with Gasteiger partial charge in [0.2, 0.25) is 0 Å². The van der Waals surface area contributed by atoms with Gasteiger partial charge in [0.05, 0.1) is 12.0 Å². The summed E-state index contributed by atoms with van der Waals surface area (Å²) in [6.45, 7) is 13.8. The van der Waals surface area contributed by atoms with Gasteiger partial charge in [0.25, 0.3) is 0 Å². The maximum absolute atomic E-state index is 11.7. The molecule has 0 aromatic heterocycles. The molecule has 0 aliphatic rings. The lowest BCUT2D eigenvalue weighted by molar-refractivity contribution is -0.154. The second-order valence-corrected chi connectivity index (χ2v) is 12.7. The van der Waals surface area contributed by atoms with Gasteiger partial charge in [0.15, 0.2) is 0 Å². The first-order chi connectivity index (χ1) is 8.19. The van der Waals surface area contributed by atoms with Crippen LogP contribution in [0.15, 0.2) is 0 Å². The number of ether oxygens (including phenoxy) is 1. The van der Waals surface area contributed by atoms with E-state index in [1.807, 2.05) is 20.8 Å². The smallest absolute Gasteiger partial charge is 0.311 e. The van der Waals surface area contributed by atoms with Crippen LogP contribution in [-0.4, -0.2) is 20.7 Å². The number of esters is 1. The van der Waals surface area contributed by atoms with Gasteiger partial charge in [-0.15, -0.1) is 0 Å². The first-order valence-corrected chi connectivity index (χ1v) is 11.1. The van der Waals surface area contributed by atoms with Crippen LogP contribution in [0.3, 0.4) is 0 Å². The fraction of sp³-hybridized carbons (Fsp3) is 0.933. The molecule has 3 heteroatoms. The van der Waals surface area contributed by atoms with E-state index in [1.54, 1.807) is 0 Å². The van der Waals surface area contributed by atoms with E-state index in [9.17, 15) is 4.79 Å². The van der Waals surface area contributed by atoms with E-state index in [1.165, 1.54) is 25.3 Å². The zero-order chi connectivity index (χ0) is 14.2. The molecular formula is C15H32O2Si. The maximum atomic E-state index is 11.7. The highest BCUT2D eigenvalue weighted by Crippen LogP contribution is 2.21. The van der Waals surface area contributed by atoms with Gasteiger partial charge < -0.3 is 4.74 Å². The Morgan fingerprint density at radius 2 is 1.61 bits per heavy atom. The molecule has 0 aliphatic carbocycles. The summed E-state index contributed by atoms with van der Waals surface area (Å²) in [6.07, 6.45) is 5.65. The van der Waals surface area contributed by atoms with Crippen LogP contribution in [0.2, 0.25) is 25.7 Å². The molecule has 0 bridgehead atoms. The summed E-state index contributed by atoms with van der Waals surface area (Å²) in [5.41, 5.74) is -0.322. The Morgan fingerprint density at radius 3 is 2.11 bits per heavy atom. The van der Waals surface area contributed by atoms with E-state index >= 15 is 0 Å². The standard InChI is InChI=1S/C15H32O2Si/c1-7-15(2,3)14(16)17-12-10-8-9-11-13-18(4,5)6/h7-13H2,1-6H3. The number of carbonyl (C=O) groups excluding carboxylic acids is 1. The molecule has 2 nitrogen and oxygen atoms in total. The summed E-state index contributed by atoms with van der Waals surface area (Å²) in [5.74, 6) is -0.0490. The van der Waals surface area contributed by atoms with E-state index in [-0.39, 0.29) is 11.4 Å². The fourth-order valence-electron chi connectivity index (χ4n) is 1.62. The third-order valence-electron chi connectivity index (χ3n) is 3.49. The Hall–Kier alpha value is -0.313. The number of hydrogen-bond acceptors (Lipinski definition) is 2. The van der Waals surface area contributed by atoms with Gasteiger partial charge in [-0.05, 0) is 26.7 Å². The molecule has 0 fully saturated rings. The van der Waals surface area contributed by atoms with Crippen molar-refractivity contribution in [2.75, 3.05) is 6.61 Å². The van der Waals surface area contributed by atoms with Crippen molar-refractivity contribution in [3.63, 3.8) is 0 Å². The van der Waals surface area contributed by atoms with Crippen LogP contribution in [0.4, 0.5) is 0 Å². The molecule has 0 unspecified atom stereocenters. The highest BCUT2D eigenvalue weighted by molar-refractivity contribution is 6.76. The van der Waals surface area contributed by atoms with Gasteiger partial charge in [-0.25, -0.2) is 0 Å². The second kappa shape index (κ2) is 7.98. The summed E-state index contributed by atoms with van der Waals surface area (Å²) in [4.78, 5) is 11.7. The molecule has 0 saturated heterocycles. The van der Waals surface area contributed by atoms with Crippen LogP contribution in [0, 0.1) is 5.41 Å². The topological polar surface area (TPSA) is 26.3 Å². The molecule has 18 heavy (non-hydrogen) atoms. The Kier molecular flexibility index (Phi) is 7.84. The van der Waals surface area contributed by atoms with Crippen molar-refractivity contribution in [2.24, 2.45) is 5.41 Å². The van der Waals surface area contributed by atoms with Crippen molar-refractivity contribution in [2.45, 2.75) is 78.6 Å². The van der Waals surface area contributed by atoms with Crippen LogP contribution in [-0.2, 0) is 9.53 Å². The average Bonchev–Trinajstić information content (AvgIpc) is 2.25. The van der Waals surface area contributed by atoms with E-state index in [0.717, 1.165) is 12.8 Å². The van der Waals surface area contributed by atoms with Crippen LogP contribution in [0.1, 0.15) is 52.9 Å². The zero-order valence-electron chi connectivity index (χ0n) is 13.3. The lowest BCUT2D eigenvalue weighted by atomic mass is 9.91. The maximum Gasteiger partial charge on any atom is 0.311 e. The Balaban J connectivity index is 3.50. The van der Waals surface area contributed by atoms with Gasteiger partial charge in [0.1, 0.15) is 0 Å². The highest BCUT2D eigenvalue weighted by Gasteiger charge is 2.26. The molecule has 0 aromatic carbocycles. The van der Waals surface area contributed by atoms with Crippen molar-refractivity contribution in [1.29, 1.82) is 0 Å². The van der Waals surface area contributed by atoms with Crippen molar-refractivity contribution in [3.8, 4) is 0 Å². The lowest BCUT2D eigenvalue weighted by Gasteiger charge is -2.20. The molecule has 0 saturated carbocycles. The lowest BCUT2D eigenvalue weighted by Crippen LogP contribution is -2.26. The third-order valence-corrected chi connectivity index (χ3v) is 5.34. The molecule has 0 N–H and O–H groups in total. The van der Waals surface area contributed by atoms with Gasteiger partial charge >= 0.3 is 5.97 Å². The SMILES string of the molecule is CCC(C)(C)C(=O)OCCCCCC[Si](C)(C)C. The summed E-state index contributed by atoms with van der Waals surface area (Å²) >= 11 is 0. The van der Waals surface area contributed by atoms with E-state index in [2.05, 4.69) is 19.6 Å². The molecule has 0 heterocycles. The van der Waals surface area contributed by atoms with Crippen molar-refractivity contribution >= 4 is 14.0 Å². The Bertz CT molecular complexity index is 241. The number of carbonyl (C=O) groups is 1. The van der Waals surface area contributed by atoms with Gasteiger partial charge in [0, 0.05) is 8.07 Å². The van der Waals surface area contributed by atoms with Crippen molar-refractivity contribution in [3.05, 3.63) is 0 Å². The molecule has 0 rings (SSSR count). The largest absolute Gasteiger partial charge is 0.465 e. The van der Waals surface area contributed by atoms with Crippen LogP contribution in [0.5, 0.6) is 0 Å². The Morgan fingerprint density at radius 1 is 1.06 bits per heavy atom. The van der Waals surface area contributed by atoms with Gasteiger partial charge in [-0.3, -0.25) is 4.79 Å². The van der Waals surface area contributed by atoms with Crippen LogP contribution in [0.25, 0.3) is 0 Å². The van der Waals surface area contributed by atoms with Crippen LogP contribution < -0.4 is 0 Å². The summed E-state index contributed by atoms with van der Waals surface area (Å²) < 4.78 is 5.31. The first kappa shape index (κ1) is 17.7. The fourth-order valence-corrected chi connectivity index (χ4v) is 2.93. The number of rotatable bonds is 9. The molecule has 0 spiro atoms. The monoisotopic (exact) mass is 272 g/mol. The molecule has 0 aromatic rings. The third kappa shape index (κ3) is 8.73. The average molecular weight is 273 g/mol. The molecular weight excluding hydrogens is 240 g/mol. The summed E-state index contributed by atoms with van der Waals surface area (Å²) in [5, 5.41) is 0. The van der Waals surface area contributed by atoms with Gasteiger partial charge in [-0.1, -0.05) is 51.9 Å². The predicted molar refractivity (Wildman–Crippen MR) is 81.7 cm³/mol. The zero-order valence-corrected chi connectivity index (χ0v) is 14.3. The van der Waals surface area contributed by atoms with E-state index < -0.39 is 8.07 Å². The molecule has 0 amide bonds. The molecule has 0 radical (unpaired) electrons. The quantitative estimate of drug-likeness (QED) is 0.340. The normalized spacial score (nSPS) is 12.6.